The molecule has 0 saturated carbocycles. The maximum Gasteiger partial charge on any atom is 0.273 e. The minimum absolute atomic E-state index is 0.0130. The van der Waals surface area contributed by atoms with Crippen molar-refractivity contribution in [2.75, 3.05) is 14.2 Å². The molecule has 0 amide bonds. The largest absolute Gasteiger partial charge is 0.496 e. The van der Waals surface area contributed by atoms with E-state index in [1.165, 1.54) is 19.2 Å². The fourth-order valence-corrected chi connectivity index (χ4v) is 1.87. The molecule has 2 rings (SSSR count). The number of nitro benzene ring substituents is 1. The summed E-state index contributed by atoms with van der Waals surface area (Å²) in [6.45, 7) is 1.98. The van der Waals surface area contributed by atoms with Gasteiger partial charge in [0.1, 0.15) is 17.3 Å². The van der Waals surface area contributed by atoms with Gasteiger partial charge in [-0.15, -0.1) is 0 Å². The Morgan fingerprint density at radius 2 is 2.10 bits per heavy atom. The summed E-state index contributed by atoms with van der Waals surface area (Å²) in [6.07, 6.45) is 0. The van der Waals surface area contributed by atoms with Crippen molar-refractivity contribution in [2.45, 2.75) is 13.0 Å². The van der Waals surface area contributed by atoms with Gasteiger partial charge in [0, 0.05) is 6.07 Å². The maximum atomic E-state index is 10.8. The summed E-state index contributed by atoms with van der Waals surface area (Å²) >= 11 is 0. The Labute approximate surface area is 116 Å². The second-order valence-corrected chi connectivity index (χ2v) is 4.35. The Balaban J connectivity index is 2.41. The van der Waals surface area contributed by atoms with Crippen molar-refractivity contribution >= 4 is 5.69 Å². The number of rotatable bonds is 5. The van der Waals surface area contributed by atoms with Crippen LogP contribution in [-0.4, -0.2) is 19.1 Å². The number of hydrogen-bond donors (Lipinski definition) is 1. The van der Waals surface area contributed by atoms with Crippen molar-refractivity contribution in [1.82, 2.24) is 5.32 Å². The highest BCUT2D eigenvalue weighted by Crippen LogP contribution is 2.35. The highest BCUT2D eigenvalue weighted by atomic mass is 16.6. The number of furan rings is 1. The Morgan fingerprint density at radius 3 is 2.70 bits per heavy atom. The predicted molar refractivity (Wildman–Crippen MR) is 74.8 cm³/mol. The number of nitrogens with zero attached hydrogens (tertiary/aromatic N) is 1. The van der Waals surface area contributed by atoms with Crippen molar-refractivity contribution in [3.05, 3.63) is 46.2 Å². The van der Waals surface area contributed by atoms with Crippen LogP contribution in [0.4, 0.5) is 5.69 Å². The van der Waals surface area contributed by atoms with Crippen LogP contribution in [0.1, 0.15) is 18.7 Å². The molecule has 0 aliphatic heterocycles. The van der Waals surface area contributed by atoms with Crippen LogP contribution in [-0.2, 0) is 0 Å². The van der Waals surface area contributed by atoms with Crippen molar-refractivity contribution in [2.24, 2.45) is 0 Å². The van der Waals surface area contributed by atoms with Gasteiger partial charge in [-0.1, -0.05) is 0 Å². The van der Waals surface area contributed by atoms with Gasteiger partial charge in [0.05, 0.1) is 29.7 Å². The van der Waals surface area contributed by atoms with E-state index in [0.717, 1.165) is 5.76 Å². The zero-order chi connectivity index (χ0) is 14.7. The fraction of sp³-hybridized carbons (Fsp3) is 0.286. The summed E-state index contributed by atoms with van der Waals surface area (Å²) in [7, 11) is 3.32. The van der Waals surface area contributed by atoms with Gasteiger partial charge in [-0.2, -0.15) is 0 Å². The molecule has 1 aromatic carbocycles. The Hall–Kier alpha value is -2.34. The molecular formula is C14H16N2O4. The van der Waals surface area contributed by atoms with Crippen molar-refractivity contribution in [1.29, 1.82) is 0 Å². The van der Waals surface area contributed by atoms with E-state index in [1.807, 2.05) is 26.1 Å². The number of ether oxygens (including phenoxy) is 1. The Bertz CT molecular complexity index is 621. The molecule has 0 spiro atoms. The molecule has 1 atom stereocenters. The van der Waals surface area contributed by atoms with E-state index in [1.54, 1.807) is 6.07 Å². The summed E-state index contributed by atoms with van der Waals surface area (Å²) in [5.41, 5.74) is 0.675. The van der Waals surface area contributed by atoms with Crippen LogP contribution in [0.25, 0.3) is 11.3 Å². The SMILES string of the molecule is CNC(C)c1ccc(-c2ccc([N+](=O)[O-])cc2OC)o1. The number of nitro groups is 1. The molecule has 1 heterocycles. The van der Waals surface area contributed by atoms with Gasteiger partial charge in [0.15, 0.2) is 0 Å². The van der Waals surface area contributed by atoms with Crippen LogP contribution >= 0.6 is 0 Å². The van der Waals surface area contributed by atoms with Gasteiger partial charge in [0.25, 0.3) is 5.69 Å². The molecule has 0 bridgehead atoms. The fourth-order valence-electron chi connectivity index (χ4n) is 1.87. The van der Waals surface area contributed by atoms with Crippen LogP contribution in [0, 0.1) is 10.1 Å². The summed E-state index contributed by atoms with van der Waals surface area (Å²) < 4.78 is 11.0. The van der Waals surface area contributed by atoms with Gasteiger partial charge in [0.2, 0.25) is 0 Å². The number of methoxy groups -OCH3 is 1. The molecular weight excluding hydrogens is 260 g/mol. The van der Waals surface area contributed by atoms with Gasteiger partial charge in [-0.25, -0.2) is 0 Å². The van der Waals surface area contributed by atoms with E-state index in [-0.39, 0.29) is 11.7 Å². The molecule has 0 saturated heterocycles. The number of hydrogen-bond acceptors (Lipinski definition) is 5. The normalized spacial score (nSPS) is 12.2. The molecule has 1 aromatic heterocycles. The smallest absolute Gasteiger partial charge is 0.273 e. The molecule has 0 radical (unpaired) electrons. The van der Waals surface area contributed by atoms with Crippen LogP contribution in [0.2, 0.25) is 0 Å². The summed E-state index contributed by atoms with van der Waals surface area (Å²) in [4.78, 5) is 10.3. The van der Waals surface area contributed by atoms with E-state index in [9.17, 15) is 10.1 Å². The molecule has 20 heavy (non-hydrogen) atoms. The quantitative estimate of drug-likeness (QED) is 0.670. The van der Waals surface area contributed by atoms with Crippen LogP contribution in [0.15, 0.2) is 34.7 Å². The third-order valence-corrected chi connectivity index (χ3v) is 3.15. The number of benzene rings is 1. The standard InChI is InChI=1S/C14H16N2O4/c1-9(15-2)12-6-7-13(20-12)11-5-4-10(16(17)18)8-14(11)19-3/h4-9,15H,1-3H3. The van der Waals surface area contributed by atoms with Crippen molar-refractivity contribution in [3.63, 3.8) is 0 Å². The third-order valence-electron chi connectivity index (χ3n) is 3.15. The first-order valence-electron chi connectivity index (χ1n) is 6.16. The average molecular weight is 276 g/mol. The first-order valence-corrected chi connectivity index (χ1v) is 6.16. The van der Waals surface area contributed by atoms with E-state index < -0.39 is 4.92 Å². The lowest BCUT2D eigenvalue weighted by molar-refractivity contribution is -0.384. The molecule has 1 N–H and O–H groups in total. The summed E-state index contributed by atoms with van der Waals surface area (Å²) in [6, 6.07) is 8.24. The average Bonchev–Trinajstić information content (AvgIpc) is 2.95. The van der Waals surface area contributed by atoms with Crippen LogP contribution in [0.5, 0.6) is 5.75 Å². The van der Waals surface area contributed by atoms with Crippen molar-refractivity contribution < 1.29 is 14.1 Å². The molecule has 1 unspecified atom stereocenters. The minimum Gasteiger partial charge on any atom is -0.496 e. The zero-order valence-corrected chi connectivity index (χ0v) is 11.5. The topological polar surface area (TPSA) is 77.5 Å². The van der Waals surface area contributed by atoms with Crippen molar-refractivity contribution in [3.8, 4) is 17.1 Å². The monoisotopic (exact) mass is 276 g/mol. The lowest BCUT2D eigenvalue weighted by Gasteiger charge is -2.07. The second kappa shape index (κ2) is 5.75. The first kappa shape index (κ1) is 14.1. The van der Waals surface area contributed by atoms with E-state index in [0.29, 0.717) is 17.1 Å². The molecule has 6 heteroatoms. The number of nitrogens with one attached hydrogen (secondary N) is 1. The van der Waals surface area contributed by atoms with Crippen LogP contribution < -0.4 is 10.1 Å². The zero-order valence-electron chi connectivity index (χ0n) is 11.5. The van der Waals surface area contributed by atoms with Gasteiger partial charge in [-0.05, 0) is 32.2 Å². The lowest BCUT2D eigenvalue weighted by atomic mass is 10.1. The van der Waals surface area contributed by atoms with E-state index >= 15 is 0 Å². The lowest BCUT2D eigenvalue weighted by Crippen LogP contribution is -2.11. The van der Waals surface area contributed by atoms with Gasteiger partial charge in [-0.3, -0.25) is 10.1 Å². The predicted octanol–water partition coefficient (Wildman–Crippen LogP) is 3.14. The first-order chi connectivity index (χ1) is 9.56. The molecule has 0 fully saturated rings. The van der Waals surface area contributed by atoms with Gasteiger partial charge < -0.3 is 14.5 Å². The number of non-ortho nitro benzene ring substituents is 1. The molecule has 6 nitrogen and oxygen atoms in total. The van der Waals surface area contributed by atoms with Crippen LogP contribution in [0.3, 0.4) is 0 Å². The van der Waals surface area contributed by atoms with Gasteiger partial charge >= 0.3 is 0 Å². The summed E-state index contributed by atoms with van der Waals surface area (Å²) in [5, 5.41) is 13.9. The highest BCUT2D eigenvalue weighted by Gasteiger charge is 2.16. The molecule has 0 aliphatic carbocycles. The van der Waals surface area contributed by atoms with E-state index in [4.69, 9.17) is 9.15 Å². The maximum absolute atomic E-state index is 10.8. The Morgan fingerprint density at radius 1 is 1.35 bits per heavy atom. The summed E-state index contributed by atoms with van der Waals surface area (Å²) in [5.74, 6) is 1.83. The molecule has 0 aliphatic rings. The Kier molecular flexibility index (Phi) is 4.05. The highest BCUT2D eigenvalue weighted by molar-refractivity contribution is 5.68. The molecule has 106 valence electrons. The third kappa shape index (κ3) is 2.65. The minimum atomic E-state index is -0.455. The van der Waals surface area contributed by atoms with E-state index in [2.05, 4.69) is 5.32 Å². The molecule has 2 aromatic rings. The second-order valence-electron chi connectivity index (χ2n) is 4.35.